The highest BCUT2D eigenvalue weighted by atomic mass is 32.2. The lowest BCUT2D eigenvalue weighted by Crippen LogP contribution is -2.39. The highest BCUT2D eigenvalue weighted by molar-refractivity contribution is 7.92. The van der Waals surface area contributed by atoms with E-state index in [1.165, 1.54) is 0 Å². The van der Waals surface area contributed by atoms with Gasteiger partial charge in [0.15, 0.2) is 0 Å². The Bertz CT molecular complexity index is 1380. The van der Waals surface area contributed by atoms with Crippen LogP contribution in [-0.2, 0) is 26.7 Å². The van der Waals surface area contributed by atoms with E-state index in [-0.39, 0.29) is 18.2 Å². The van der Waals surface area contributed by atoms with Gasteiger partial charge in [-0.1, -0.05) is 52.8 Å². The molecule has 0 aliphatic carbocycles. The molecule has 1 aliphatic rings. The average molecular weight is 585 g/mol. The number of urea groups is 1. The minimum atomic E-state index is -3.41. The molecule has 2 aromatic carbocycles. The molecule has 10 heteroatoms. The Hall–Kier alpha value is -3.34. The molecular formula is C31H44N4O5S. The number of sulfonamides is 1. The van der Waals surface area contributed by atoms with E-state index in [1.807, 2.05) is 36.4 Å². The molecule has 0 radical (unpaired) electrons. The van der Waals surface area contributed by atoms with Crippen molar-refractivity contribution < 1.29 is 22.7 Å². The quantitative estimate of drug-likeness (QED) is 0.231. The van der Waals surface area contributed by atoms with Gasteiger partial charge < -0.3 is 20.1 Å². The van der Waals surface area contributed by atoms with E-state index in [9.17, 15) is 13.2 Å². The molecule has 224 valence electrons. The van der Waals surface area contributed by atoms with Crippen molar-refractivity contribution in [3.05, 3.63) is 64.9 Å². The zero-order chi connectivity index (χ0) is 30.2. The number of carbonyl (C=O) groups is 1. The fourth-order valence-electron chi connectivity index (χ4n) is 4.42. The van der Waals surface area contributed by atoms with Gasteiger partial charge in [-0.15, -0.1) is 0 Å². The third kappa shape index (κ3) is 9.62. The monoisotopic (exact) mass is 584 g/mol. The van der Waals surface area contributed by atoms with Crippen LogP contribution in [0.2, 0.25) is 0 Å². The summed E-state index contributed by atoms with van der Waals surface area (Å²) < 4.78 is 37.5. The fraction of sp³-hybridized carbons (Fsp3) is 0.452. The number of nitrogens with zero attached hydrogens (tertiary/aromatic N) is 1. The predicted octanol–water partition coefficient (Wildman–Crippen LogP) is 5.69. The molecule has 0 bridgehead atoms. The smallest absolute Gasteiger partial charge is 0.327 e. The van der Waals surface area contributed by atoms with Crippen LogP contribution in [0.25, 0.3) is 12.2 Å². The molecule has 2 amide bonds. The van der Waals surface area contributed by atoms with Crippen LogP contribution in [-0.4, -0.2) is 47.7 Å². The number of amides is 2. The summed E-state index contributed by atoms with van der Waals surface area (Å²) in [4.78, 5) is 14.5. The van der Waals surface area contributed by atoms with Crippen LogP contribution >= 0.6 is 0 Å². The van der Waals surface area contributed by atoms with Crippen LogP contribution in [0.1, 0.15) is 63.3 Å². The standard InChI is InChI=1S/C31H44N4O5S/c1-22(2)13-14-32-20-25-17-26(34-41(7,37)38)12-11-23(25)9-10-24-18-27(19-28(29(24)39-6)31(3,4)5)35-15-8-16-40-21-33-30(35)36/h8-12,15,17-19,22,32,34H,13-14,16,20-21H2,1-7H3,(H,33,36)/b10-9+,15-8?. The van der Waals surface area contributed by atoms with E-state index in [1.54, 1.807) is 30.4 Å². The summed E-state index contributed by atoms with van der Waals surface area (Å²) in [5.41, 5.74) is 4.61. The predicted molar refractivity (Wildman–Crippen MR) is 168 cm³/mol. The molecule has 0 fully saturated rings. The van der Waals surface area contributed by atoms with E-state index in [0.29, 0.717) is 30.4 Å². The number of methoxy groups -OCH3 is 1. The maximum atomic E-state index is 12.9. The number of rotatable bonds is 11. The first kappa shape index (κ1) is 32.2. The maximum absolute atomic E-state index is 12.9. The van der Waals surface area contributed by atoms with E-state index in [0.717, 1.165) is 47.2 Å². The second-order valence-electron chi connectivity index (χ2n) is 11.6. The first-order valence-electron chi connectivity index (χ1n) is 13.8. The third-order valence-electron chi connectivity index (χ3n) is 6.51. The summed E-state index contributed by atoms with van der Waals surface area (Å²) in [6.07, 6.45) is 9.67. The van der Waals surface area contributed by atoms with Crippen LogP contribution in [0.3, 0.4) is 0 Å². The van der Waals surface area contributed by atoms with E-state index >= 15 is 0 Å². The molecule has 0 spiro atoms. The molecule has 2 aromatic rings. The number of anilines is 2. The van der Waals surface area contributed by atoms with Gasteiger partial charge in [0, 0.05) is 29.6 Å². The highest BCUT2D eigenvalue weighted by Gasteiger charge is 2.25. The van der Waals surface area contributed by atoms with Gasteiger partial charge in [0.25, 0.3) is 0 Å². The largest absolute Gasteiger partial charge is 0.496 e. The topological polar surface area (TPSA) is 109 Å². The van der Waals surface area contributed by atoms with Crippen LogP contribution in [0.15, 0.2) is 42.6 Å². The van der Waals surface area contributed by atoms with Crippen LogP contribution < -0.4 is 25.0 Å². The lowest BCUT2D eigenvalue weighted by atomic mass is 9.84. The Morgan fingerprint density at radius 3 is 2.54 bits per heavy atom. The van der Waals surface area contributed by atoms with Crippen molar-refractivity contribution >= 4 is 39.6 Å². The van der Waals surface area contributed by atoms with Gasteiger partial charge in [-0.05, 0) is 65.8 Å². The Kier molecular flexibility index (Phi) is 11.0. The second kappa shape index (κ2) is 14.0. The molecule has 41 heavy (non-hydrogen) atoms. The van der Waals surface area contributed by atoms with Crippen LogP contribution in [0.5, 0.6) is 5.75 Å². The van der Waals surface area contributed by atoms with Crippen molar-refractivity contribution in [1.82, 2.24) is 10.6 Å². The lowest BCUT2D eigenvalue weighted by Gasteiger charge is -2.28. The Balaban J connectivity index is 2.08. The summed E-state index contributed by atoms with van der Waals surface area (Å²) >= 11 is 0. The van der Waals surface area contributed by atoms with Gasteiger partial charge in [-0.3, -0.25) is 9.62 Å². The molecule has 1 aliphatic heterocycles. The molecule has 0 atom stereocenters. The van der Waals surface area contributed by atoms with Gasteiger partial charge in [0.1, 0.15) is 12.5 Å². The van der Waals surface area contributed by atoms with Crippen molar-refractivity contribution in [3.63, 3.8) is 0 Å². The van der Waals surface area contributed by atoms with Gasteiger partial charge in [-0.2, -0.15) is 0 Å². The molecule has 3 rings (SSSR count). The van der Waals surface area contributed by atoms with E-state index in [4.69, 9.17) is 9.47 Å². The molecule has 3 N–H and O–H groups in total. The zero-order valence-electron chi connectivity index (χ0n) is 25.2. The Morgan fingerprint density at radius 1 is 1.15 bits per heavy atom. The summed E-state index contributed by atoms with van der Waals surface area (Å²) in [6, 6.07) is 9.14. The number of hydrogen-bond donors (Lipinski definition) is 3. The SMILES string of the molecule is COc1c(/C=C/c2ccc(NS(C)(=O)=O)cc2CNCCC(C)C)cc(N2C=CCOCNC2=O)cc1C(C)(C)C. The van der Waals surface area contributed by atoms with Crippen molar-refractivity contribution in [2.45, 2.75) is 53.0 Å². The van der Waals surface area contributed by atoms with Crippen molar-refractivity contribution in [1.29, 1.82) is 0 Å². The molecule has 0 saturated heterocycles. The number of nitrogens with one attached hydrogen (secondary N) is 3. The minimum absolute atomic E-state index is 0.132. The van der Waals surface area contributed by atoms with Crippen molar-refractivity contribution in [2.24, 2.45) is 5.92 Å². The number of benzene rings is 2. The summed E-state index contributed by atoms with van der Waals surface area (Å²) in [7, 11) is -1.76. The summed E-state index contributed by atoms with van der Waals surface area (Å²) in [6.45, 7) is 12.6. The lowest BCUT2D eigenvalue weighted by molar-refractivity contribution is 0.144. The molecule has 0 unspecified atom stereocenters. The van der Waals surface area contributed by atoms with Crippen molar-refractivity contribution in [3.8, 4) is 5.75 Å². The maximum Gasteiger partial charge on any atom is 0.327 e. The van der Waals surface area contributed by atoms with Crippen LogP contribution in [0, 0.1) is 5.92 Å². The molecule has 0 aromatic heterocycles. The average Bonchev–Trinajstić information content (AvgIpc) is 2.86. The van der Waals surface area contributed by atoms with Crippen LogP contribution in [0.4, 0.5) is 16.2 Å². The molecule has 9 nitrogen and oxygen atoms in total. The third-order valence-corrected chi connectivity index (χ3v) is 7.11. The van der Waals surface area contributed by atoms with Gasteiger partial charge >= 0.3 is 6.03 Å². The summed E-state index contributed by atoms with van der Waals surface area (Å²) in [5, 5.41) is 6.24. The van der Waals surface area contributed by atoms with E-state index in [2.05, 4.69) is 50.0 Å². The fourth-order valence-corrected chi connectivity index (χ4v) is 4.98. The highest BCUT2D eigenvalue weighted by Crippen LogP contribution is 2.39. The second-order valence-corrected chi connectivity index (χ2v) is 13.3. The number of ether oxygens (including phenoxy) is 2. The van der Waals surface area contributed by atoms with Gasteiger partial charge in [-0.25, -0.2) is 13.2 Å². The molecule has 0 saturated carbocycles. The minimum Gasteiger partial charge on any atom is -0.496 e. The number of carbonyl (C=O) groups excluding carboxylic acids is 1. The van der Waals surface area contributed by atoms with Gasteiger partial charge in [0.2, 0.25) is 10.0 Å². The zero-order valence-corrected chi connectivity index (χ0v) is 26.0. The molecular weight excluding hydrogens is 540 g/mol. The first-order chi connectivity index (χ1) is 19.3. The summed E-state index contributed by atoms with van der Waals surface area (Å²) in [5.74, 6) is 1.30. The van der Waals surface area contributed by atoms with E-state index < -0.39 is 10.0 Å². The van der Waals surface area contributed by atoms with Crippen molar-refractivity contribution in [2.75, 3.05) is 42.9 Å². The first-order valence-corrected chi connectivity index (χ1v) is 15.7. The van der Waals surface area contributed by atoms with Gasteiger partial charge in [0.05, 0.1) is 25.7 Å². The normalized spacial score (nSPS) is 14.7. The Labute approximate surface area is 245 Å². The Morgan fingerprint density at radius 2 is 1.88 bits per heavy atom. The molecule has 1 heterocycles. The number of hydrogen-bond acceptors (Lipinski definition) is 6.